The van der Waals surface area contributed by atoms with E-state index in [1.807, 2.05) is 0 Å². The number of rotatable bonds is 1. The van der Waals surface area contributed by atoms with Crippen molar-refractivity contribution in [2.75, 3.05) is 13.1 Å². The van der Waals surface area contributed by atoms with Gasteiger partial charge in [-0.15, -0.1) is 0 Å². The molecule has 0 saturated carbocycles. The predicted octanol–water partition coefficient (Wildman–Crippen LogP) is 3.14. The minimum Gasteiger partial charge on any atom is -0.465 e. The van der Waals surface area contributed by atoms with Crippen LogP contribution in [0.2, 0.25) is 5.15 Å². The molecule has 1 saturated heterocycles. The van der Waals surface area contributed by atoms with Crippen LogP contribution in [0.5, 0.6) is 0 Å². The van der Waals surface area contributed by atoms with Gasteiger partial charge in [-0.05, 0) is 28.8 Å². The van der Waals surface area contributed by atoms with Crippen LogP contribution in [-0.2, 0) is 0 Å². The third-order valence-corrected chi connectivity index (χ3v) is 4.44. The van der Waals surface area contributed by atoms with Crippen molar-refractivity contribution in [1.82, 2.24) is 19.3 Å². The van der Waals surface area contributed by atoms with Crippen LogP contribution >= 0.6 is 27.5 Å². The van der Waals surface area contributed by atoms with Crippen molar-refractivity contribution < 1.29 is 14.3 Å². The van der Waals surface area contributed by atoms with Gasteiger partial charge in [-0.2, -0.15) is 4.39 Å². The van der Waals surface area contributed by atoms with E-state index in [1.54, 1.807) is 0 Å². The normalized spacial score (nSPS) is 19.2. The maximum absolute atomic E-state index is 14.1. The third kappa shape index (κ3) is 2.46. The number of carboxylic acid groups (broad SMARTS) is 1. The van der Waals surface area contributed by atoms with E-state index in [9.17, 15) is 9.18 Å². The van der Waals surface area contributed by atoms with E-state index in [-0.39, 0.29) is 11.1 Å². The summed E-state index contributed by atoms with van der Waals surface area (Å²) in [7, 11) is 0. The van der Waals surface area contributed by atoms with Gasteiger partial charge in [0.05, 0.1) is 6.20 Å². The van der Waals surface area contributed by atoms with E-state index in [0.717, 1.165) is 12.6 Å². The fourth-order valence-electron chi connectivity index (χ4n) is 2.67. The minimum absolute atomic E-state index is 0.146. The topological polar surface area (TPSA) is 70.7 Å². The molecule has 2 aromatic rings. The van der Waals surface area contributed by atoms with Gasteiger partial charge in [0.1, 0.15) is 15.9 Å². The molecule has 1 aliphatic heterocycles. The molecule has 1 N–H and O–H groups in total. The number of imidazole rings is 1. The maximum Gasteiger partial charge on any atom is 0.407 e. The lowest BCUT2D eigenvalue weighted by Gasteiger charge is -2.30. The molecule has 6 nitrogen and oxygen atoms in total. The average molecular weight is 378 g/mol. The number of likely N-dealkylation sites (tertiary alicyclic amines) is 1. The van der Waals surface area contributed by atoms with Crippen LogP contribution in [0, 0.1) is 5.95 Å². The largest absolute Gasteiger partial charge is 0.465 e. The summed E-state index contributed by atoms with van der Waals surface area (Å²) < 4.78 is 15.8. The monoisotopic (exact) mass is 376 g/mol. The quantitative estimate of drug-likeness (QED) is 0.829. The highest BCUT2D eigenvalue weighted by Crippen LogP contribution is 2.32. The highest BCUT2D eigenvalue weighted by Gasteiger charge is 2.29. The van der Waals surface area contributed by atoms with Gasteiger partial charge in [0.15, 0.2) is 5.15 Å². The first-order valence-corrected chi connectivity index (χ1v) is 7.52. The van der Waals surface area contributed by atoms with E-state index in [1.165, 1.54) is 9.30 Å². The van der Waals surface area contributed by atoms with Crippen molar-refractivity contribution in [3.8, 4) is 0 Å². The van der Waals surface area contributed by atoms with E-state index in [0.29, 0.717) is 35.5 Å². The molecule has 9 heteroatoms. The second-order valence-electron chi connectivity index (χ2n) is 4.88. The molecule has 1 unspecified atom stereocenters. The number of halogens is 3. The summed E-state index contributed by atoms with van der Waals surface area (Å²) in [6.07, 6.45) is 1.52. The molecule has 2 aromatic heterocycles. The smallest absolute Gasteiger partial charge is 0.407 e. The molecule has 0 bridgehead atoms. The van der Waals surface area contributed by atoms with Crippen molar-refractivity contribution in [2.24, 2.45) is 0 Å². The fourth-order valence-corrected chi connectivity index (χ4v) is 3.55. The van der Waals surface area contributed by atoms with Crippen LogP contribution in [0.3, 0.4) is 0 Å². The first-order chi connectivity index (χ1) is 9.99. The van der Waals surface area contributed by atoms with Crippen LogP contribution in [0.4, 0.5) is 9.18 Å². The molecule has 0 aliphatic carbocycles. The van der Waals surface area contributed by atoms with E-state index in [4.69, 9.17) is 16.7 Å². The summed E-state index contributed by atoms with van der Waals surface area (Å²) in [6.45, 7) is 0.779. The van der Waals surface area contributed by atoms with Crippen LogP contribution in [0.15, 0.2) is 10.8 Å². The van der Waals surface area contributed by atoms with Crippen LogP contribution in [-0.4, -0.2) is 43.6 Å². The first kappa shape index (κ1) is 14.5. The molecule has 1 aliphatic rings. The highest BCUT2D eigenvalue weighted by molar-refractivity contribution is 9.10. The lowest BCUT2D eigenvalue weighted by Crippen LogP contribution is -2.38. The van der Waals surface area contributed by atoms with Crippen LogP contribution in [0.1, 0.15) is 24.6 Å². The molecule has 0 aromatic carbocycles. The SMILES string of the molecule is O=C(O)N1CCCC(c2nc(Br)c3c(Cl)ncc(F)n23)C1. The Balaban J connectivity index is 2.09. The molecular weight excluding hydrogens is 367 g/mol. The number of hydrogen-bond acceptors (Lipinski definition) is 3. The number of fused-ring (bicyclic) bond motifs is 1. The molecule has 21 heavy (non-hydrogen) atoms. The molecule has 1 amide bonds. The molecule has 1 fully saturated rings. The summed E-state index contributed by atoms with van der Waals surface area (Å²) >= 11 is 9.25. The first-order valence-electron chi connectivity index (χ1n) is 6.34. The molecule has 0 radical (unpaired) electrons. The van der Waals surface area contributed by atoms with Gasteiger partial charge < -0.3 is 10.0 Å². The second kappa shape index (κ2) is 5.42. The summed E-state index contributed by atoms with van der Waals surface area (Å²) in [5, 5.41) is 9.25. The van der Waals surface area contributed by atoms with Gasteiger partial charge in [0.2, 0.25) is 5.95 Å². The number of aromatic nitrogens is 3. The van der Waals surface area contributed by atoms with E-state index in [2.05, 4.69) is 25.9 Å². The molecular formula is C12H11BrClFN4O2. The number of amides is 1. The Hall–Kier alpha value is -1.41. The number of piperidine rings is 1. The molecule has 3 rings (SSSR count). The summed E-state index contributed by atoms with van der Waals surface area (Å²) in [5.74, 6) is -0.290. The molecule has 1 atom stereocenters. The Labute approximate surface area is 132 Å². The van der Waals surface area contributed by atoms with Gasteiger partial charge in [-0.25, -0.2) is 14.8 Å². The zero-order valence-corrected chi connectivity index (χ0v) is 13.1. The Kier molecular flexibility index (Phi) is 3.75. The Morgan fingerprint density at radius 2 is 2.33 bits per heavy atom. The van der Waals surface area contributed by atoms with Crippen molar-refractivity contribution in [3.05, 3.63) is 27.7 Å². The highest BCUT2D eigenvalue weighted by atomic mass is 79.9. The minimum atomic E-state index is -0.972. The molecule has 0 spiro atoms. The zero-order valence-electron chi connectivity index (χ0n) is 10.8. The Bertz CT molecular complexity index is 723. The maximum atomic E-state index is 14.1. The van der Waals surface area contributed by atoms with Crippen LogP contribution < -0.4 is 0 Å². The number of carbonyl (C=O) groups is 1. The van der Waals surface area contributed by atoms with Crippen molar-refractivity contribution in [1.29, 1.82) is 0 Å². The van der Waals surface area contributed by atoms with E-state index >= 15 is 0 Å². The summed E-state index contributed by atoms with van der Waals surface area (Å²) in [6, 6.07) is 0. The lowest BCUT2D eigenvalue weighted by atomic mass is 9.97. The van der Waals surface area contributed by atoms with Gasteiger partial charge in [0, 0.05) is 19.0 Å². The number of nitrogens with zero attached hydrogens (tertiary/aromatic N) is 4. The van der Waals surface area contributed by atoms with Crippen LogP contribution in [0.25, 0.3) is 5.52 Å². The Morgan fingerprint density at radius 1 is 1.57 bits per heavy atom. The Morgan fingerprint density at radius 3 is 3.05 bits per heavy atom. The average Bonchev–Trinajstić information content (AvgIpc) is 2.82. The lowest BCUT2D eigenvalue weighted by molar-refractivity contribution is 0.129. The van der Waals surface area contributed by atoms with Gasteiger partial charge in [0.25, 0.3) is 0 Å². The van der Waals surface area contributed by atoms with Gasteiger partial charge in [-0.1, -0.05) is 11.6 Å². The predicted molar refractivity (Wildman–Crippen MR) is 77.2 cm³/mol. The summed E-state index contributed by atoms with van der Waals surface area (Å²) in [4.78, 5) is 20.5. The molecule has 3 heterocycles. The third-order valence-electron chi connectivity index (χ3n) is 3.61. The molecule has 112 valence electrons. The number of hydrogen-bond donors (Lipinski definition) is 1. The summed E-state index contributed by atoms with van der Waals surface area (Å²) in [5.41, 5.74) is 0.360. The van der Waals surface area contributed by atoms with E-state index < -0.39 is 12.0 Å². The fraction of sp³-hybridized carbons (Fsp3) is 0.417. The standard InChI is InChI=1S/C12H11BrClFN4O2/c13-9-8-10(14)16-4-7(15)19(8)11(17-9)6-2-1-3-18(5-6)12(20)21/h4,6H,1-3,5H2,(H,20,21). The van der Waals surface area contributed by atoms with Crippen molar-refractivity contribution in [2.45, 2.75) is 18.8 Å². The zero-order chi connectivity index (χ0) is 15.1. The van der Waals surface area contributed by atoms with Gasteiger partial charge >= 0.3 is 6.09 Å². The van der Waals surface area contributed by atoms with Crippen molar-refractivity contribution >= 4 is 39.1 Å². The van der Waals surface area contributed by atoms with Crippen molar-refractivity contribution in [3.63, 3.8) is 0 Å². The van der Waals surface area contributed by atoms with Gasteiger partial charge in [-0.3, -0.25) is 4.40 Å². The second-order valence-corrected chi connectivity index (χ2v) is 5.99.